The van der Waals surface area contributed by atoms with Gasteiger partial charge in [0.25, 0.3) is 0 Å². The van der Waals surface area contributed by atoms with Gasteiger partial charge in [-0.15, -0.1) is 0 Å². The van der Waals surface area contributed by atoms with Crippen molar-refractivity contribution in [2.24, 2.45) is 5.92 Å². The highest BCUT2D eigenvalue weighted by atomic mass is 15.1. The average molecular weight is 293 g/mol. The Hall–Kier alpha value is -2.27. The van der Waals surface area contributed by atoms with Crippen molar-refractivity contribution in [2.75, 3.05) is 13.1 Å². The molecule has 1 atom stereocenters. The fourth-order valence-electron chi connectivity index (χ4n) is 3.22. The Morgan fingerprint density at radius 2 is 2.09 bits per heavy atom. The highest BCUT2D eigenvalue weighted by molar-refractivity contribution is 5.73. The Morgan fingerprint density at radius 3 is 2.91 bits per heavy atom. The fourth-order valence-corrected chi connectivity index (χ4v) is 3.22. The first kappa shape index (κ1) is 13.4. The second-order valence-electron chi connectivity index (χ2n) is 5.83. The molecular weight excluding hydrogens is 274 g/mol. The molecule has 1 fully saturated rings. The molecule has 1 aliphatic rings. The van der Waals surface area contributed by atoms with Gasteiger partial charge in [0, 0.05) is 25.0 Å². The zero-order chi connectivity index (χ0) is 14.8. The van der Waals surface area contributed by atoms with Gasteiger partial charge in [-0.2, -0.15) is 0 Å². The van der Waals surface area contributed by atoms with E-state index in [-0.39, 0.29) is 0 Å². The van der Waals surface area contributed by atoms with E-state index in [2.05, 4.69) is 19.9 Å². The van der Waals surface area contributed by atoms with Crippen molar-refractivity contribution in [2.45, 2.75) is 19.3 Å². The first-order chi connectivity index (χ1) is 10.9. The van der Waals surface area contributed by atoms with Crippen LogP contribution < -0.4 is 5.32 Å². The normalized spacial score (nSPS) is 18.6. The summed E-state index contributed by atoms with van der Waals surface area (Å²) >= 11 is 0. The van der Waals surface area contributed by atoms with Crippen molar-refractivity contribution in [1.29, 1.82) is 0 Å². The van der Waals surface area contributed by atoms with Crippen LogP contribution in [0.4, 0.5) is 0 Å². The summed E-state index contributed by atoms with van der Waals surface area (Å²) in [6.07, 6.45) is 8.95. The largest absolute Gasteiger partial charge is 0.316 e. The Kier molecular flexibility index (Phi) is 3.56. The lowest BCUT2D eigenvalue weighted by molar-refractivity contribution is 0.370. The summed E-state index contributed by atoms with van der Waals surface area (Å²) < 4.78 is 2.17. The third-order valence-corrected chi connectivity index (χ3v) is 4.28. The Labute approximate surface area is 129 Å². The number of imidazole rings is 1. The van der Waals surface area contributed by atoms with Gasteiger partial charge in [0.15, 0.2) is 5.65 Å². The predicted octanol–water partition coefficient (Wildman–Crippen LogP) is 2.36. The highest BCUT2D eigenvalue weighted by Gasteiger charge is 2.19. The fraction of sp³-hybridized carbons (Fsp3) is 0.353. The molecule has 0 aliphatic carbocycles. The minimum Gasteiger partial charge on any atom is -0.316 e. The minimum absolute atomic E-state index is 0.645. The Balaban J connectivity index is 1.79. The summed E-state index contributed by atoms with van der Waals surface area (Å²) in [5, 5.41) is 3.49. The van der Waals surface area contributed by atoms with Crippen LogP contribution in [0, 0.1) is 5.92 Å². The number of hydrogen-bond donors (Lipinski definition) is 1. The standard InChI is InChI=1S/C17H19N5/c1-3-13(12-19-7-1)11-16-21-15-4-2-8-20-17(15)22(16)14-5-9-18-10-6-14/h2,4-6,8-10,13,19H,1,3,7,11-12H2. The van der Waals surface area contributed by atoms with E-state index in [1.807, 2.05) is 42.9 Å². The first-order valence-corrected chi connectivity index (χ1v) is 7.85. The quantitative estimate of drug-likeness (QED) is 0.805. The van der Waals surface area contributed by atoms with Crippen LogP contribution in [0.1, 0.15) is 18.7 Å². The van der Waals surface area contributed by atoms with Crippen molar-refractivity contribution >= 4 is 11.2 Å². The Morgan fingerprint density at radius 1 is 1.18 bits per heavy atom. The molecule has 112 valence electrons. The van der Waals surface area contributed by atoms with Crippen LogP contribution in [-0.2, 0) is 6.42 Å². The zero-order valence-corrected chi connectivity index (χ0v) is 12.4. The van der Waals surface area contributed by atoms with Gasteiger partial charge in [-0.25, -0.2) is 9.97 Å². The number of fused-ring (bicyclic) bond motifs is 1. The molecule has 0 amide bonds. The van der Waals surface area contributed by atoms with Crippen molar-refractivity contribution in [3.8, 4) is 5.69 Å². The summed E-state index contributed by atoms with van der Waals surface area (Å²) in [7, 11) is 0. The molecule has 22 heavy (non-hydrogen) atoms. The number of rotatable bonds is 3. The second-order valence-corrected chi connectivity index (χ2v) is 5.83. The van der Waals surface area contributed by atoms with E-state index in [0.29, 0.717) is 5.92 Å². The van der Waals surface area contributed by atoms with Crippen molar-refractivity contribution in [1.82, 2.24) is 24.8 Å². The van der Waals surface area contributed by atoms with Crippen LogP contribution in [0.2, 0.25) is 0 Å². The first-order valence-electron chi connectivity index (χ1n) is 7.85. The summed E-state index contributed by atoms with van der Waals surface area (Å²) in [6.45, 7) is 2.21. The molecule has 0 radical (unpaired) electrons. The molecule has 0 saturated carbocycles. The molecule has 0 bridgehead atoms. The molecule has 3 aromatic heterocycles. The van der Waals surface area contributed by atoms with Crippen molar-refractivity contribution in [3.05, 3.63) is 48.7 Å². The van der Waals surface area contributed by atoms with Gasteiger partial charge in [-0.3, -0.25) is 9.55 Å². The van der Waals surface area contributed by atoms with E-state index in [1.165, 1.54) is 12.8 Å². The third-order valence-electron chi connectivity index (χ3n) is 4.28. The van der Waals surface area contributed by atoms with E-state index in [4.69, 9.17) is 4.98 Å². The van der Waals surface area contributed by atoms with Crippen molar-refractivity contribution < 1.29 is 0 Å². The number of hydrogen-bond acceptors (Lipinski definition) is 4. The van der Waals surface area contributed by atoms with E-state index in [1.54, 1.807) is 0 Å². The zero-order valence-electron chi connectivity index (χ0n) is 12.4. The maximum atomic E-state index is 4.84. The van der Waals surface area contributed by atoms with Crippen LogP contribution >= 0.6 is 0 Å². The average Bonchev–Trinajstić information content (AvgIpc) is 2.94. The van der Waals surface area contributed by atoms with Gasteiger partial charge >= 0.3 is 0 Å². The molecule has 0 aromatic carbocycles. The molecule has 5 nitrogen and oxygen atoms in total. The van der Waals surface area contributed by atoms with Crippen molar-refractivity contribution in [3.63, 3.8) is 0 Å². The lowest BCUT2D eigenvalue weighted by atomic mass is 9.96. The van der Waals surface area contributed by atoms with Gasteiger partial charge in [0.2, 0.25) is 0 Å². The van der Waals surface area contributed by atoms with Gasteiger partial charge < -0.3 is 5.32 Å². The maximum Gasteiger partial charge on any atom is 0.164 e. The number of piperidine rings is 1. The molecule has 4 rings (SSSR count). The third kappa shape index (κ3) is 2.48. The number of pyridine rings is 2. The molecule has 4 heterocycles. The van der Waals surface area contributed by atoms with Crippen LogP contribution in [0.25, 0.3) is 16.9 Å². The van der Waals surface area contributed by atoms with E-state index in [9.17, 15) is 0 Å². The van der Waals surface area contributed by atoms with E-state index < -0.39 is 0 Å². The SMILES string of the molecule is c1cnc2c(c1)nc(CC1CCCNC1)n2-c1ccncc1. The smallest absolute Gasteiger partial charge is 0.164 e. The van der Waals surface area contributed by atoms with Crippen LogP contribution in [0.5, 0.6) is 0 Å². The lowest BCUT2D eigenvalue weighted by Crippen LogP contribution is -2.31. The highest BCUT2D eigenvalue weighted by Crippen LogP contribution is 2.23. The lowest BCUT2D eigenvalue weighted by Gasteiger charge is -2.22. The monoisotopic (exact) mass is 293 g/mol. The van der Waals surface area contributed by atoms with Gasteiger partial charge in [-0.05, 0) is 56.1 Å². The van der Waals surface area contributed by atoms with Gasteiger partial charge in [-0.1, -0.05) is 0 Å². The van der Waals surface area contributed by atoms with Crippen LogP contribution in [-0.4, -0.2) is 32.6 Å². The molecule has 1 aliphatic heterocycles. The molecule has 1 saturated heterocycles. The van der Waals surface area contributed by atoms with Crippen LogP contribution in [0.15, 0.2) is 42.9 Å². The van der Waals surface area contributed by atoms with Gasteiger partial charge in [0.05, 0.1) is 5.69 Å². The second kappa shape index (κ2) is 5.85. The minimum atomic E-state index is 0.645. The summed E-state index contributed by atoms with van der Waals surface area (Å²) in [5.74, 6) is 1.74. The number of nitrogens with zero attached hydrogens (tertiary/aromatic N) is 4. The van der Waals surface area contributed by atoms with E-state index in [0.717, 1.165) is 42.2 Å². The molecule has 1 N–H and O–H groups in total. The van der Waals surface area contributed by atoms with Crippen LogP contribution in [0.3, 0.4) is 0 Å². The van der Waals surface area contributed by atoms with Gasteiger partial charge in [0.1, 0.15) is 11.3 Å². The molecule has 1 unspecified atom stereocenters. The molecule has 3 aromatic rings. The molecular formula is C17H19N5. The topological polar surface area (TPSA) is 55.6 Å². The summed E-state index contributed by atoms with van der Waals surface area (Å²) in [4.78, 5) is 13.5. The summed E-state index contributed by atoms with van der Waals surface area (Å²) in [6, 6.07) is 8.00. The number of aromatic nitrogens is 4. The molecule has 5 heteroatoms. The molecule has 0 spiro atoms. The predicted molar refractivity (Wildman–Crippen MR) is 86.0 cm³/mol. The summed E-state index contributed by atoms with van der Waals surface area (Å²) in [5.41, 5.74) is 2.96. The maximum absolute atomic E-state index is 4.84. The van der Waals surface area contributed by atoms with E-state index >= 15 is 0 Å². The number of nitrogens with one attached hydrogen (secondary N) is 1. The Bertz CT molecular complexity index is 759.